The first-order valence-electron chi connectivity index (χ1n) is 8.45. The van der Waals surface area contributed by atoms with Crippen LogP contribution in [0.1, 0.15) is 19.8 Å². The first kappa shape index (κ1) is 19.4. The summed E-state index contributed by atoms with van der Waals surface area (Å²) < 4.78 is 42.7. The summed E-state index contributed by atoms with van der Waals surface area (Å²) in [5, 5.41) is 2.76. The van der Waals surface area contributed by atoms with Gasteiger partial charge in [0, 0.05) is 31.9 Å². The summed E-state index contributed by atoms with van der Waals surface area (Å²) in [7, 11) is 0. The Morgan fingerprint density at radius 3 is 2.36 bits per heavy atom. The minimum Gasteiger partial charge on any atom is -0.494 e. The number of piperazine rings is 1. The van der Waals surface area contributed by atoms with Gasteiger partial charge in [0.2, 0.25) is 0 Å². The first-order valence-corrected chi connectivity index (χ1v) is 8.45. The number of nitrogens with zero attached hydrogens (tertiary/aromatic N) is 2. The van der Waals surface area contributed by atoms with E-state index in [1.54, 1.807) is 24.3 Å². The smallest absolute Gasteiger partial charge is 0.401 e. The fourth-order valence-corrected chi connectivity index (χ4v) is 2.53. The second-order valence-electron chi connectivity index (χ2n) is 6.03. The number of carbonyl (C=O) groups is 1. The van der Waals surface area contributed by atoms with Crippen molar-refractivity contribution in [2.24, 2.45) is 0 Å². The third-order valence-electron chi connectivity index (χ3n) is 3.93. The maximum Gasteiger partial charge on any atom is 0.401 e. The zero-order valence-electron chi connectivity index (χ0n) is 14.3. The Balaban J connectivity index is 1.77. The van der Waals surface area contributed by atoms with Crippen molar-refractivity contribution in [1.82, 2.24) is 9.80 Å². The maximum absolute atomic E-state index is 12.4. The number of halogens is 3. The van der Waals surface area contributed by atoms with Gasteiger partial charge in [-0.05, 0) is 30.7 Å². The molecule has 140 valence electrons. The van der Waals surface area contributed by atoms with Crippen LogP contribution in [0.5, 0.6) is 5.75 Å². The number of alkyl halides is 3. The molecule has 1 aromatic rings. The number of benzene rings is 1. The van der Waals surface area contributed by atoms with Crippen molar-refractivity contribution >= 4 is 11.7 Å². The van der Waals surface area contributed by atoms with Crippen LogP contribution in [0.15, 0.2) is 24.3 Å². The highest BCUT2D eigenvalue weighted by Gasteiger charge is 2.32. The van der Waals surface area contributed by atoms with Crippen molar-refractivity contribution in [3.8, 4) is 5.75 Å². The number of carbonyl (C=O) groups excluding carboxylic acids is 1. The lowest BCUT2D eigenvalue weighted by Crippen LogP contribution is -2.51. The van der Waals surface area contributed by atoms with Crippen LogP contribution in [0.3, 0.4) is 0 Å². The summed E-state index contributed by atoms with van der Waals surface area (Å²) in [5.74, 6) is 0.743. The van der Waals surface area contributed by atoms with Crippen LogP contribution >= 0.6 is 0 Å². The van der Waals surface area contributed by atoms with Crippen molar-refractivity contribution in [2.75, 3.05) is 44.6 Å². The van der Waals surface area contributed by atoms with Crippen molar-refractivity contribution in [1.29, 1.82) is 0 Å². The molecule has 0 unspecified atom stereocenters. The van der Waals surface area contributed by atoms with Gasteiger partial charge in [-0.2, -0.15) is 13.2 Å². The molecule has 1 N–H and O–H groups in total. The maximum atomic E-state index is 12.4. The molecule has 2 amide bonds. The molecule has 1 fully saturated rings. The molecule has 0 radical (unpaired) electrons. The molecule has 1 aliphatic rings. The minimum absolute atomic E-state index is 0.219. The van der Waals surface area contributed by atoms with E-state index in [2.05, 4.69) is 12.2 Å². The highest BCUT2D eigenvalue weighted by Crippen LogP contribution is 2.19. The summed E-state index contributed by atoms with van der Waals surface area (Å²) in [6, 6.07) is 6.77. The monoisotopic (exact) mass is 359 g/mol. The lowest BCUT2D eigenvalue weighted by atomic mass is 10.3. The number of urea groups is 1. The number of anilines is 1. The number of hydrogen-bond acceptors (Lipinski definition) is 3. The molecule has 0 spiro atoms. The fraction of sp³-hybridized carbons (Fsp3) is 0.588. The van der Waals surface area contributed by atoms with Crippen LogP contribution < -0.4 is 10.1 Å². The number of rotatable bonds is 6. The summed E-state index contributed by atoms with van der Waals surface area (Å²) in [6.07, 6.45) is -2.16. The van der Waals surface area contributed by atoms with Crippen LogP contribution in [-0.4, -0.2) is 61.3 Å². The van der Waals surface area contributed by atoms with E-state index in [0.717, 1.165) is 18.6 Å². The molecule has 0 saturated carbocycles. The summed E-state index contributed by atoms with van der Waals surface area (Å²) in [6.45, 7) is 2.81. The molecule has 25 heavy (non-hydrogen) atoms. The average Bonchev–Trinajstić information content (AvgIpc) is 2.56. The van der Waals surface area contributed by atoms with Crippen LogP contribution in [0.2, 0.25) is 0 Å². The number of nitrogens with one attached hydrogen (secondary N) is 1. The molecular formula is C17H24F3N3O2. The third-order valence-corrected chi connectivity index (χ3v) is 3.93. The molecule has 1 saturated heterocycles. The predicted octanol–water partition coefficient (Wildman–Crippen LogP) is 3.58. The number of unbranched alkanes of at least 4 members (excludes halogenated alkanes) is 1. The second-order valence-corrected chi connectivity index (χ2v) is 6.03. The normalized spacial score (nSPS) is 15.9. The number of hydrogen-bond donors (Lipinski definition) is 1. The molecular weight excluding hydrogens is 335 g/mol. The molecule has 2 rings (SSSR count). The summed E-state index contributed by atoms with van der Waals surface area (Å²) in [5.41, 5.74) is 0.630. The van der Waals surface area contributed by atoms with Crippen LogP contribution in [0.25, 0.3) is 0 Å². The quantitative estimate of drug-likeness (QED) is 0.790. The third kappa shape index (κ3) is 6.81. The molecule has 0 aromatic heterocycles. The first-order chi connectivity index (χ1) is 11.9. The van der Waals surface area contributed by atoms with E-state index >= 15 is 0 Å². The Labute approximate surface area is 145 Å². The molecule has 0 atom stereocenters. The van der Waals surface area contributed by atoms with Gasteiger partial charge in [0.05, 0.1) is 13.2 Å². The standard InChI is InChI=1S/C17H24F3N3O2/c1-2-3-12-25-15-6-4-14(5-7-15)21-16(24)23-10-8-22(9-11-23)13-17(18,19)20/h4-7H,2-3,8-13H2,1H3,(H,21,24). The summed E-state index contributed by atoms with van der Waals surface area (Å²) in [4.78, 5) is 15.0. The Hall–Kier alpha value is -1.96. The lowest BCUT2D eigenvalue weighted by molar-refractivity contribution is -0.148. The van der Waals surface area contributed by atoms with Crippen molar-refractivity contribution < 1.29 is 22.7 Å². The van der Waals surface area contributed by atoms with E-state index in [0.29, 0.717) is 12.3 Å². The number of ether oxygens (including phenoxy) is 1. The SMILES string of the molecule is CCCCOc1ccc(NC(=O)N2CCN(CC(F)(F)F)CC2)cc1. The van der Waals surface area contributed by atoms with Gasteiger partial charge in [-0.15, -0.1) is 0 Å². The topological polar surface area (TPSA) is 44.8 Å². The van der Waals surface area contributed by atoms with Gasteiger partial charge >= 0.3 is 12.2 Å². The van der Waals surface area contributed by atoms with Crippen molar-refractivity contribution in [2.45, 2.75) is 25.9 Å². The molecule has 1 aliphatic heterocycles. The molecule has 0 aliphatic carbocycles. The van der Waals surface area contributed by atoms with E-state index in [9.17, 15) is 18.0 Å². The van der Waals surface area contributed by atoms with E-state index < -0.39 is 12.7 Å². The Morgan fingerprint density at radius 1 is 1.16 bits per heavy atom. The van der Waals surface area contributed by atoms with Crippen LogP contribution in [0, 0.1) is 0 Å². The van der Waals surface area contributed by atoms with Gasteiger partial charge in [-0.1, -0.05) is 13.3 Å². The predicted molar refractivity (Wildman–Crippen MR) is 89.9 cm³/mol. The molecule has 8 heteroatoms. The zero-order valence-corrected chi connectivity index (χ0v) is 14.3. The van der Waals surface area contributed by atoms with Crippen LogP contribution in [-0.2, 0) is 0 Å². The molecule has 0 bridgehead atoms. The minimum atomic E-state index is -4.20. The second kappa shape index (κ2) is 8.94. The van der Waals surface area contributed by atoms with Gasteiger partial charge in [0.15, 0.2) is 0 Å². The summed E-state index contributed by atoms with van der Waals surface area (Å²) >= 11 is 0. The van der Waals surface area contributed by atoms with E-state index in [1.807, 2.05) is 0 Å². The molecule has 1 aromatic carbocycles. The zero-order chi connectivity index (χ0) is 18.3. The van der Waals surface area contributed by atoms with Gasteiger partial charge < -0.3 is 15.0 Å². The Morgan fingerprint density at radius 2 is 1.80 bits per heavy atom. The highest BCUT2D eigenvalue weighted by atomic mass is 19.4. The van der Waals surface area contributed by atoms with Crippen molar-refractivity contribution in [3.05, 3.63) is 24.3 Å². The van der Waals surface area contributed by atoms with Crippen molar-refractivity contribution in [3.63, 3.8) is 0 Å². The Kier molecular flexibility index (Phi) is 6.92. The highest BCUT2D eigenvalue weighted by molar-refractivity contribution is 5.89. The molecule has 5 nitrogen and oxygen atoms in total. The van der Waals surface area contributed by atoms with Gasteiger partial charge in [-0.25, -0.2) is 4.79 Å². The number of amides is 2. The lowest BCUT2D eigenvalue weighted by Gasteiger charge is -2.34. The Bertz CT molecular complexity index is 541. The van der Waals surface area contributed by atoms with E-state index in [1.165, 1.54) is 9.80 Å². The molecule has 1 heterocycles. The van der Waals surface area contributed by atoms with E-state index in [-0.39, 0.29) is 32.2 Å². The fourth-order valence-electron chi connectivity index (χ4n) is 2.53. The van der Waals surface area contributed by atoms with Gasteiger partial charge in [0.25, 0.3) is 0 Å². The van der Waals surface area contributed by atoms with Gasteiger partial charge in [0.1, 0.15) is 5.75 Å². The van der Waals surface area contributed by atoms with Crippen LogP contribution in [0.4, 0.5) is 23.7 Å². The van der Waals surface area contributed by atoms with E-state index in [4.69, 9.17) is 4.74 Å². The average molecular weight is 359 g/mol. The van der Waals surface area contributed by atoms with Gasteiger partial charge in [-0.3, -0.25) is 4.90 Å². The largest absolute Gasteiger partial charge is 0.494 e.